The van der Waals surface area contributed by atoms with Crippen molar-refractivity contribution in [3.05, 3.63) is 0 Å². The van der Waals surface area contributed by atoms with Crippen LogP contribution in [-0.4, -0.2) is 41.9 Å². The van der Waals surface area contributed by atoms with Crippen LogP contribution in [0.25, 0.3) is 0 Å². The Balaban J connectivity index is 5.02. The third kappa shape index (κ3) is 4.31. The van der Waals surface area contributed by atoms with Crippen LogP contribution < -0.4 is 0 Å². The van der Waals surface area contributed by atoms with E-state index in [1.54, 1.807) is 0 Å². The lowest BCUT2D eigenvalue weighted by Crippen LogP contribution is -2.54. The van der Waals surface area contributed by atoms with Crippen LogP contribution in [0.1, 0.15) is 0 Å². The molecule has 0 amide bonds. The van der Waals surface area contributed by atoms with Gasteiger partial charge in [0, 0.05) is 18.2 Å². The molecule has 0 atom stereocenters. The molecule has 0 fully saturated rings. The zero-order chi connectivity index (χ0) is 11.1. The average molecular weight is 231 g/mol. The van der Waals surface area contributed by atoms with Crippen molar-refractivity contribution >= 4 is 30.9 Å². The van der Waals surface area contributed by atoms with Gasteiger partial charge in [0.15, 0.2) is 0 Å². The Kier molecular flexibility index (Phi) is 4.10. The molecule has 0 saturated carbocycles. The van der Waals surface area contributed by atoms with E-state index in [2.05, 4.69) is 52.6 Å². The SMILES string of the molecule is [B-][P+](C)(C)C([Si](C)(C)C)[Si](C)(C)C. The van der Waals surface area contributed by atoms with E-state index in [1.807, 2.05) is 0 Å². The van der Waals surface area contributed by atoms with E-state index >= 15 is 0 Å². The lowest BCUT2D eigenvalue weighted by molar-refractivity contribution is 1.44. The molecule has 0 nitrogen and oxygen atoms in total. The summed E-state index contributed by atoms with van der Waals surface area (Å²) in [6.07, 6.45) is 0. The van der Waals surface area contributed by atoms with Crippen LogP contribution in [0, 0.1) is 0 Å². The van der Waals surface area contributed by atoms with E-state index < -0.39 is 23.3 Å². The fourth-order valence-corrected chi connectivity index (χ4v) is 29.7. The van der Waals surface area contributed by atoms with Gasteiger partial charge in [0.2, 0.25) is 0 Å². The fraction of sp³-hybridized carbons (Fsp3) is 1.00. The second kappa shape index (κ2) is 3.83. The van der Waals surface area contributed by atoms with Crippen LogP contribution >= 0.6 is 7.14 Å². The zero-order valence-electron chi connectivity index (χ0n) is 10.6. The molecule has 0 aliphatic rings. The zero-order valence-corrected chi connectivity index (χ0v) is 13.5. The minimum atomic E-state index is -1.15. The molecule has 77 valence electrons. The van der Waals surface area contributed by atoms with Gasteiger partial charge >= 0.3 is 0 Å². The van der Waals surface area contributed by atoms with Crippen LogP contribution in [0.5, 0.6) is 0 Å². The predicted octanol–water partition coefficient (Wildman–Crippen LogP) is 3.47. The summed E-state index contributed by atoms with van der Waals surface area (Å²) in [5, 5.41) is 0. The van der Waals surface area contributed by atoms with E-state index in [-0.39, 0.29) is 0 Å². The third-order valence-electron chi connectivity index (χ3n) is 2.31. The average Bonchev–Trinajstić information content (AvgIpc) is 1.44. The van der Waals surface area contributed by atoms with Gasteiger partial charge in [-0.05, 0) is 0 Å². The molecule has 0 N–H and O–H groups in total. The molecule has 0 aromatic rings. The van der Waals surface area contributed by atoms with Crippen molar-refractivity contribution < 1.29 is 0 Å². The standard InChI is InChI=1S/C9H25BPSi2/c1-11(2,10)9(12(3,4)5)13(6,7)8/h9H,1-8H3. The smallest absolute Gasteiger partial charge is 0.0826 e. The van der Waals surface area contributed by atoms with Crippen LogP contribution in [0.3, 0.4) is 0 Å². The quantitative estimate of drug-likeness (QED) is 0.515. The summed E-state index contributed by atoms with van der Waals surface area (Å²) in [6, 6.07) is 0. The summed E-state index contributed by atoms with van der Waals surface area (Å²) < 4.78 is 0. The first kappa shape index (κ1) is 13.9. The molecule has 0 heterocycles. The second-order valence-corrected chi connectivity index (χ2v) is 22.7. The van der Waals surface area contributed by atoms with E-state index in [9.17, 15) is 0 Å². The van der Waals surface area contributed by atoms with Gasteiger partial charge in [-0.25, -0.2) is 0 Å². The van der Waals surface area contributed by atoms with Crippen molar-refractivity contribution in [1.29, 1.82) is 0 Å². The van der Waals surface area contributed by atoms with Crippen LogP contribution in [0.15, 0.2) is 0 Å². The summed E-state index contributed by atoms with van der Waals surface area (Å²) >= 11 is 0. The monoisotopic (exact) mass is 231 g/mol. The second-order valence-electron chi connectivity index (χ2n) is 6.76. The van der Waals surface area contributed by atoms with Crippen LogP contribution in [0.2, 0.25) is 39.3 Å². The molecule has 0 aromatic carbocycles. The summed E-state index contributed by atoms with van der Waals surface area (Å²) in [6.45, 7) is 19.5. The van der Waals surface area contributed by atoms with Gasteiger partial charge in [-0.15, -0.1) is 0 Å². The predicted molar refractivity (Wildman–Crippen MR) is 75.0 cm³/mol. The maximum absolute atomic E-state index is 6.43. The molecule has 0 unspecified atom stereocenters. The van der Waals surface area contributed by atoms with Crippen molar-refractivity contribution in [2.24, 2.45) is 0 Å². The van der Waals surface area contributed by atoms with E-state index in [0.29, 0.717) is 0 Å². The highest BCUT2D eigenvalue weighted by Gasteiger charge is 2.43. The van der Waals surface area contributed by atoms with E-state index in [4.69, 9.17) is 7.57 Å². The summed E-state index contributed by atoms with van der Waals surface area (Å²) in [4.78, 5) is 0.896. The minimum absolute atomic E-state index is 0.896. The molecule has 0 aliphatic heterocycles. The molecule has 3 radical (unpaired) electrons. The maximum Gasteiger partial charge on any atom is 0.0826 e. The van der Waals surface area contributed by atoms with E-state index in [0.717, 1.165) is 4.91 Å². The van der Waals surface area contributed by atoms with E-state index in [1.165, 1.54) is 0 Å². The highest BCUT2D eigenvalue weighted by molar-refractivity contribution is 8.00. The van der Waals surface area contributed by atoms with Gasteiger partial charge in [0.05, 0.1) is 16.1 Å². The summed E-state index contributed by atoms with van der Waals surface area (Å²) in [5.41, 5.74) is 0. The third-order valence-corrected chi connectivity index (χ3v) is 20.8. The van der Waals surface area contributed by atoms with Crippen molar-refractivity contribution in [2.75, 3.05) is 13.3 Å². The number of rotatable bonds is 3. The molecule has 0 spiro atoms. The fourth-order valence-electron chi connectivity index (χ4n) is 3.30. The molecule has 0 aliphatic carbocycles. The minimum Gasteiger partial charge on any atom is -0.308 e. The Labute approximate surface area is 88.6 Å². The largest absolute Gasteiger partial charge is 0.308 e. The molecule has 13 heavy (non-hydrogen) atoms. The molecule has 0 aromatic heterocycles. The Morgan fingerprint density at radius 2 is 1.08 bits per heavy atom. The van der Waals surface area contributed by atoms with Gasteiger partial charge < -0.3 is 7.57 Å². The highest BCUT2D eigenvalue weighted by atomic mass is 31.2. The van der Waals surface area contributed by atoms with Gasteiger partial charge in [-0.1, -0.05) is 39.3 Å². The molecule has 0 bridgehead atoms. The van der Waals surface area contributed by atoms with Gasteiger partial charge in [-0.3, -0.25) is 7.14 Å². The highest BCUT2D eigenvalue weighted by Crippen LogP contribution is 2.57. The molecule has 4 heteroatoms. The van der Waals surface area contributed by atoms with Crippen molar-refractivity contribution in [3.63, 3.8) is 0 Å². The Bertz CT molecular complexity index is 140. The molecule has 0 rings (SSSR count). The maximum atomic E-state index is 6.43. The Morgan fingerprint density at radius 1 is 0.846 bits per heavy atom. The summed E-state index contributed by atoms with van der Waals surface area (Å²) in [5.74, 6) is 0. The van der Waals surface area contributed by atoms with Gasteiger partial charge in [0.1, 0.15) is 0 Å². The van der Waals surface area contributed by atoms with Crippen molar-refractivity contribution in [3.8, 4) is 0 Å². The number of hydrogen-bond acceptors (Lipinski definition) is 0. The Morgan fingerprint density at radius 3 is 1.08 bits per heavy atom. The van der Waals surface area contributed by atoms with Crippen LogP contribution in [0.4, 0.5) is 0 Å². The lowest BCUT2D eigenvalue weighted by Gasteiger charge is -2.50. The van der Waals surface area contributed by atoms with Gasteiger partial charge in [-0.2, -0.15) is 0 Å². The molecular formula is C9H25BPSi2. The first-order valence-corrected chi connectivity index (χ1v) is 15.0. The first-order chi connectivity index (χ1) is 5.37. The molecular weight excluding hydrogens is 206 g/mol. The molecule has 0 saturated heterocycles. The Hall–Kier alpha value is 0.929. The van der Waals surface area contributed by atoms with Crippen molar-refractivity contribution in [2.45, 2.75) is 44.2 Å². The van der Waals surface area contributed by atoms with Gasteiger partial charge in [0.25, 0.3) is 0 Å². The number of hydrogen-bond donors (Lipinski definition) is 0. The normalized spacial score (nSPS) is 15.2. The van der Waals surface area contributed by atoms with Crippen LogP contribution in [-0.2, 0) is 0 Å². The summed E-state index contributed by atoms with van der Waals surface area (Å²) in [7, 11) is 3.14. The first-order valence-electron chi connectivity index (χ1n) is 4.99. The van der Waals surface area contributed by atoms with Crippen molar-refractivity contribution in [1.82, 2.24) is 0 Å². The topological polar surface area (TPSA) is 0 Å². The lowest BCUT2D eigenvalue weighted by atomic mass is 10.8.